The van der Waals surface area contributed by atoms with E-state index >= 15 is 0 Å². The zero-order chi connectivity index (χ0) is 8.55. The molecule has 0 saturated heterocycles. The van der Waals surface area contributed by atoms with Crippen molar-refractivity contribution >= 4 is 0 Å². The quantitative estimate of drug-likeness (QED) is 0.681. The summed E-state index contributed by atoms with van der Waals surface area (Å²) in [6.45, 7) is 0. The Morgan fingerprint density at radius 3 is 2.75 bits per heavy atom. The van der Waals surface area contributed by atoms with Crippen LogP contribution in [0.1, 0.15) is 17.9 Å². The fraction of sp³-hybridized carbons (Fsp3) is 0.300. The SMILES string of the molecule is N#CC1CC1c1ccccc1O. The first-order chi connectivity index (χ1) is 5.83. The Kier molecular flexibility index (Phi) is 1.51. The van der Waals surface area contributed by atoms with E-state index in [1.54, 1.807) is 12.1 Å². The Labute approximate surface area is 71.1 Å². The number of hydrogen-bond acceptors (Lipinski definition) is 2. The average molecular weight is 159 g/mol. The van der Waals surface area contributed by atoms with Crippen molar-refractivity contribution in [3.8, 4) is 11.8 Å². The summed E-state index contributed by atoms with van der Waals surface area (Å²) in [7, 11) is 0. The first-order valence-corrected chi connectivity index (χ1v) is 4.00. The Morgan fingerprint density at radius 2 is 2.17 bits per heavy atom. The molecule has 0 spiro atoms. The van der Waals surface area contributed by atoms with Gasteiger partial charge in [0.25, 0.3) is 0 Å². The van der Waals surface area contributed by atoms with Gasteiger partial charge in [-0.15, -0.1) is 0 Å². The third-order valence-electron chi connectivity index (χ3n) is 2.29. The molecular formula is C10H9NO. The van der Waals surface area contributed by atoms with Crippen LogP contribution in [0.2, 0.25) is 0 Å². The van der Waals surface area contributed by atoms with Crippen LogP contribution in [-0.2, 0) is 0 Å². The molecule has 2 atom stereocenters. The number of phenolic OH excluding ortho intramolecular Hbond substituents is 1. The van der Waals surface area contributed by atoms with Gasteiger partial charge in [-0.05, 0) is 18.1 Å². The number of phenols is 1. The summed E-state index contributed by atoms with van der Waals surface area (Å²) < 4.78 is 0. The van der Waals surface area contributed by atoms with Gasteiger partial charge in [0.05, 0.1) is 12.0 Å². The lowest BCUT2D eigenvalue weighted by Gasteiger charge is -1.99. The van der Waals surface area contributed by atoms with Crippen molar-refractivity contribution in [1.82, 2.24) is 0 Å². The second kappa shape index (κ2) is 2.53. The van der Waals surface area contributed by atoms with Crippen LogP contribution in [0.25, 0.3) is 0 Å². The Balaban J connectivity index is 2.26. The van der Waals surface area contributed by atoms with Gasteiger partial charge >= 0.3 is 0 Å². The lowest BCUT2D eigenvalue weighted by molar-refractivity contribution is 0.468. The maximum atomic E-state index is 9.42. The first-order valence-electron chi connectivity index (χ1n) is 4.00. The molecule has 1 saturated carbocycles. The number of nitriles is 1. The van der Waals surface area contributed by atoms with Gasteiger partial charge in [-0.25, -0.2) is 0 Å². The smallest absolute Gasteiger partial charge is 0.119 e. The summed E-state index contributed by atoms with van der Waals surface area (Å²) in [6, 6.07) is 9.44. The van der Waals surface area contributed by atoms with Crippen LogP contribution in [0, 0.1) is 17.2 Å². The van der Waals surface area contributed by atoms with Gasteiger partial charge < -0.3 is 5.11 Å². The molecule has 0 bridgehead atoms. The van der Waals surface area contributed by atoms with Crippen LogP contribution in [0.15, 0.2) is 24.3 Å². The topological polar surface area (TPSA) is 44.0 Å². The molecule has 1 aromatic rings. The fourth-order valence-electron chi connectivity index (χ4n) is 1.48. The van der Waals surface area contributed by atoms with E-state index < -0.39 is 0 Å². The van der Waals surface area contributed by atoms with E-state index in [0.29, 0.717) is 5.75 Å². The minimum absolute atomic E-state index is 0.123. The summed E-state index contributed by atoms with van der Waals surface area (Å²) >= 11 is 0. The normalized spacial score (nSPS) is 26.2. The van der Waals surface area contributed by atoms with Crippen molar-refractivity contribution in [3.63, 3.8) is 0 Å². The van der Waals surface area contributed by atoms with Crippen molar-refractivity contribution in [2.24, 2.45) is 5.92 Å². The maximum absolute atomic E-state index is 9.42. The van der Waals surface area contributed by atoms with E-state index in [9.17, 15) is 5.11 Å². The Bertz CT molecular complexity index is 340. The van der Waals surface area contributed by atoms with Crippen molar-refractivity contribution < 1.29 is 5.11 Å². The highest BCUT2D eigenvalue weighted by molar-refractivity contribution is 5.39. The van der Waals surface area contributed by atoms with Crippen molar-refractivity contribution in [1.29, 1.82) is 5.26 Å². The van der Waals surface area contributed by atoms with Crippen LogP contribution in [-0.4, -0.2) is 5.11 Å². The lowest BCUT2D eigenvalue weighted by Crippen LogP contribution is -1.81. The highest BCUT2D eigenvalue weighted by Gasteiger charge is 2.39. The number of aromatic hydroxyl groups is 1. The Hall–Kier alpha value is -1.49. The first kappa shape index (κ1) is 7.17. The monoisotopic (exact) mass is 159 g/mol. The van der Waals surface area contributed by atoms with E-state index in [4.69, 9.17) is 5.26 Å². The summed E-state index contributed by atoms with van der Waals surface area (Å²) in [5.74, 6) is 0.717. The average Bonchev–Trinajstić information content (AvgIpc) is 2.84. The zero-order valence-corrected chi connectivity index (χ0v) is 6.57. The van der Waals surface area contributed by atoms with Gasteiger partial charge in [0, 0.05) is 5.92 Å². The number of hydrogen-bond donors (Lipinski definition) is 1. The van der Waals surface area contributed by atoms with Crippen molar-refractivity contribution in [3.05, 3.63) is 29.8 Å². The molecule has 1 fully saturated rings. The van der Waals surface area contributed by atoms with Gasteiger partial charge in [0.1, 0.15) is 5.75 Å². The van der Waals surface area contributed by atoms with E-state index in [0.717, 1.165) is 12.0 Å². The number of benzene rings is 1. The van der Waals surface area contributed by atoms with Gasteiger partial charge in [0.2, 0.25) is 0 Å². The van der Waals surface area contributed by atoms with Gasteiger partial charge in [-0.3, -0.25) is 0 Å². The molecule has 0 amide bonds. The van der Waals surface area contributed by atoms with Gasteiger partial charge in [0.15, 0.2) is 0 Å². The molecule has 2 nitrogen and oxygen atoms in total. The molecule has 2 rings (SSSR count). The van der Waals surface area contributed by atoms with Crippen molar-refractivity contribution in [2.75, 3.05) is 0 Å². The second-order valence-electron chi connectivity index (χ2n) is 3.14. The van der Waals surface area contributed by atoms with Crippen LogP contribution in [0.5, 0.6) is 5.75 Å². The molecule has 0 aromatic heterocycles. The molecule has 1 aliphatic carbocycles. The summed E-state index contributed by atoms with van der Waals surface area (Å²) in [5, 5.41) is 18.0. The standard InChI is InChI=1S/C10H9NO/c11-6-7-5-9(7)8-3-1-2-4-10(8)12/h1-4,7,9,12H,5H2. The molecule has 0 heterocycles. The third kappa shape index (κ3) is 1.04. The number of nitrogens with zero attached hydrogens (tertiary/aromatic N) is 1. The molecule has 60 valence electrons. The zero-order valence-electron chi connectivity index (χ0n) is 6.57. The minimum Gasteiger partial charge on any atom is -0.508 e. The lowest BCUT2D eigenvalue weighted by atomic mass is 10.1. The van der Waals surface area contributed by atoms with Crippen LogP contribution in [0.3, 0.4) is 0 Å². The third-order valence-corrected chi connectivity index (χ3v) is 2.29. The predicted molar refractivity (Wildman–Crippen MR) is 44.6 cm³/mol. The van der Waals surface area contributed by atoms with E-state index in [-0.39, 0.29) is 11.8 Å². The molecule has 2 unspecified atom stereocenters. The van der Waals surface area contributed by atoms with Crippen LogP contribution in [0.4, 0.5) is 0 Å². The van der Waals surface area contributed by atoms with E-state index in [1.807, 2.05) is 12.1 Å². The summed E-state index contributed by atoms with van der Waals surface area (Å²) in [4.78, 5) is 0. The van der Waals surface area contributed by atoms with Crippen molar-refractivity contribution in [2.45, 2.75) is 12.3 Å². The maximum Gasteiger partial charge on any atom is 0.119 e. The molecule has 12 heavy (non-hydrogen) atoms. The fourth-order valence-corrected chi connectivity index (χ4v) is 1.48. The van der Waals surface area contributed by atoms with Crippen LogP contribution < -0.4 is 0 Å². The molecule has 1 aromatic carbocycles. The molecule has 1 aliphatic rings. The molecular weight excluding hydrogens is 150 g/mol. The highest BCUT2D eigenvalue weighted by atomic mass is 16.3. The number of para-hydroxylation sites is 1. The minimum atomic E-state index is 0.123. The predicted octanol–water partition coefficient (Wildman–Crippen LogP) is 2.02. The second-order valence-corrected chi connectivity index (χ2v) is 3.14. The molecule has 0 aliphatic heterocycles. The summed E-state index contributed by atoms with van der Waals surface area (Å²) in [6.07, 6.45) is 0.897. The van der Waals surface area contributed by atoms with Gasteiger partial charge in [-0.2, -0.15) is 5.26 Å². The van der Waals surface area contributed by atoms with Gasteiger partial charge in [-0.1, -0.05) is 18.2 Å². The molecule has 0 radical (unpaired) electrons. The molecule has 2 heteroatoms. The summed E-state index contributed by atoms with van der Waals surface area (Å²) in [5.41, 5.74) is 0.920. The highest BCUT2D eigenvalue weighted by Crippen LogP contribution is 2.49. The van der Waals surface area contributed by atoms with E-state index in [1.165, 1.54) is 0 Å². The number of rotatable bonds is 1. The largest absolute Gasteiger partial charge is 0.508 e. The molecule has 1 N–H and O–H groups in total. The van der Waals surface area contributed by atoms with E-state index in [2.05, 4.69) is 6.07 Å². The Morgan fingerprint density at radius 1 is 1.42 bits per heavy atom. The van der Waals surface area contributed by atoms with Crippen LogP contribution >= 0.6 is 0 Å².